The summed E-state index contributed by atoms with van der Waals surface area (Å²) < 4.78 is 4.82. The van der Waals surface area contributed by atoms with Gasteiger partial charge in [-0.15, -0.1) is 0 Å². The van der Waals surface area contributed by atoms with Crippen LogP contribution in [0.1, 0.15) is 69.2 Å². The van der Waals surface area contributed by atoms with E-state index in [1.807, 2.05) is 0 Å². The van der Waals surface area contributed by atoms with Gasteiger partial charge in [-0.1, -0.05) is 125 Å². The van der Waals surface area contributed by atoms with E-state index in [1.165, 1.54) is 59.2 Å². The minimum absolute atomic E-state index is 0. The molecule has 0 heterocycles. The molecule has 0 aromatic heterocycles. The molecule has 167 valence electrons. The normalized spacial score (nSPS) is 23.2. The van der Waals surface area contributed by atoms with Crippen molar-refractivity contribution in [3.05, 3.63) is 63.8 Å². The van der Waals surface area contributed by atoms with E-state index in [0.29, 0.717) is 0 Å². The van der Waals surface area contributed by atoms with E-state index in [2.05, 4.69) is 109 Å². The average molecular weight is 571 g/mol. The van der Waals surface area contributed by atoms with Crippen LogP contribution in [0.3, 0.4) is 0 Å². The molecule has 2 aliphatic carbocycles. The molecule has 0 unspecified atom stereocenters. The van der Waals surface area contributed by atoms with Crippen LogP contribution >= 0.6 is 0 Å². The van der Waals surface area contributed by atoms with Crippen molar-refractivity contribution in [1.82, 2.24) is 0 Å². The monoisotopic (exact) mass is 570 g/mol. The molecule has 30 heavy (non-hydrogen) atoms. The Labute approximate surface area is 228 Å². The average Bonchev–Trinajstić information content (AvgIpc) is 2.83. The smallest absolute Gasteiger partial charge is 0.668 e. The van der Waals surface area contributed by atoms with Crippen LogP contribution in [0.4, 0.5) is 0 Å². The van der Waals surface area contributed by atoms with Crippen molar-refractivity contribution in [2.45, 2.75) is 109 Å². The standard InChI is InChI=1S/2C10H15.C6H18NSi2.Ce/c2*1-6-7(2)9(4)10(5)8(6)3;1-8(2,3)7-9(4,5)6;/h2*1-5H3;1-6H3;/q;;-1;+3. The van der Waals surface area contributed by atoms with Gasteiger partial charge in [0.05, 0.1) is 0 Å². The van der Waals surface area contributed by atoms with Crippen molar-refractivity contribution in [3.63, 3.8) is 0 Å². The summed E-state index contributed by atoms with van der Waals surface area (Å²) in [5.74, 6) is 14.7. The SMILES string of the molecule is C[C]1[C](C)[C](C)[C](C)[C]1C.C[C]1[C](C)[C](C)[C](C)[C]1C.C[Si](C)(C)[N-][Si](C)(C)C.[Ce+3]. The molecular weight excluding hydrogens is 523 g/mol. The molecule has 11 radical (unpaired) electrons. The Morgan fingerprint density at radius 1 is 0.333 bits per heavy atom. The maximum atomic E-state index is 4.82. The summed E-state index contributed by atoms with van der Waals surface area (Å²) >= 11 is 0. The molecule has 4 heteroatoms. The van der Waals surface area contributed by atoms with Crippen molar-refractivity contribution in [2.24, 2.45) is 0 Å². The number of hydrogen-bond acceptors (Lipinski definition) is 0. The van der Waals surface area contributed by atoms with Gasteiger partial charge in [-0.2, -0.15) is 0 Å². The Balaban J connectivity index is 0. The fourth-order valence-electron chi connectivity index (χ4n) is 3.82. The van der Waals surface area contributed by atoms with E-state index in [4.69, 9.17) is 4.65 Å². The zero-order valence-electron chi connectivity index (χ0n) is 22.9. The molecule has 0 aliphatic heterocycles. The summed E-state index contributed by atoms with van der Waals surface area (Å²) in [6, 6.07) is 0. The molecule has 0 spiro atoms. The second kappa shape index (κ2) is 13.6. The predicted molar refractivity (Wildman–Crippen MR) is 139 cm³/mol. The van der Waals surface area contributed by atoms with Crippen molar-refractivity contribution in [2.75, 3.05) is 0 Å². The Morgan fingerprint density at radius 2 is 0.433 bits per heavy atom. The molecule has 0 aromatic carbocycles. The van der Waals surface area contributed by atoms with E-state index in [9.17, 15) is 0 Å². The fraction of sp³-hybridized carbons (Fsp3) is 0.615. The van der Waals surface area contributed by atoms with Crippen molar-refractivity contribution in [3.8, 4) is 0 Å². The molecule has 0 atom stereocenters. The largest absolute Gasteiger partial charge is 3.00 e. The maximum absolute atomic E-state index is 4.82. The molecule has 0 aromatic rings. The minimum Gasteiger partial charge on any atom is -0.668 e. The quantitative estimate of drug-likeness (QED) is 0.294. The van der Waals surface area contributed by atoms with Crippen LogP contribution in [0.25, 0.3) is 4.65 Å². The summed E-state index contributed by atoms with van der Waals surface area (Å²) in [6.07, 6.45) is 0. The Kier molecular flexibility index (Phi) is 15.4. The second-order valence-electron chi connectivity index (χ2n) is 10.7. The summed E-state index contributed by atoms with van der Waals surface area (Å²) in [5.41, 5.74) is 0. The first-order valence-electron chi connectivity index (χ1n) is 10.9. The Hall–Kier alpha value is 1.77. The zero-order chi connectivity index (χ0) is 23.5. The predicted octanol–water partition coefficient (Wildman–Crippen LogP) is 8.97. The summed E-state index contributed by atoms with van der Waals surface area (Å²) in [4.78, 5) is 0. The van der Waals surface area contributed by atoms with E-state index in [0.717, 1.165) is 0 Å². The van der Waals surface area contributed by atoms with Crippen LogP contribution in [0.15, 0.2) is 0 Å². The first kappa shape index (κ1) is 33.9. The van der Waals surface area contributed by atoms with Crippen molar-refractivity contribution in [1.29, 1.82) is 0 Å². The van der Waals surface area contributed by atoms with Gasteiger partial charge in [0.2, 0.25) is 0 Å². The number of rotatable bonds is 2. The van der Waals surface area contributed by atoms with Gasteiger partial charge < -0.3 is 4.65 Å². The molecule has 2 aliphatic rings. The third-order valence-electron chi connectivity index (χ3n) is 6.30. The molecule has 1 nitrogen and oxygen atoms in total. The summed E-state index contributed by atoms with van der Waals surface area (Å²) in [7, 11) is -2.21. The first-order chi connectivity index (χ1) is 12.8. The van der Waals surface area contributed by atoms with Gasteiger partial charge in [0.15, 0.2) is 0 Å². The van der Waals surface area contributed by atoms with E-state index >= 15 is 0 Å². The molecule has 2 rings (SSSR count). The van der Waals surface area contributed by atoms with Gasteiger partial charge >= 0.3 is 41.7 Å². The van der Waals surface area contributed by atoms with Gasteiger partial charge in [-0.3, -0.25) is 0 Å². The molecule has 0 saturated heterocycles. The van der Waals surface area contributed by atoms with E-state index < -0.39 is 16.5 Å². The van der Waals surface area contributed by atoms with Gasteiger partial charge in [-0.05, 0) is 59.2 Å². The van der Waals surface area contributed by atoms with E-state index in [-0.39, 0.29) is 41.7 Å². The Morgan fingerprint density at radius 3 is 0.467 bits per heavy atom. The molecular formula is C26H48CeNSi2+2. The van der Waals surface area contributed by atoms with Crippen molar-refractivity contribution < 1.29 is 41.7 Å². The van der Waals surface area contributed by atoms with Crippen LogP contribution in [-0.4, -0.2) is 16.5 Å². The maximum Gasteiger partial charge on any atom is 3.00 e. The summed E-state index contributed by atoms with van der Waals surface area (Å²) in [6.45, 7) is 35.8. The molecule has 2 saturated carbocycles. The zero-order valence-corrected chi connectivity index (χ0v) is 28.1. The third kappa shape index (κ3) is 10.8. The number of hydrogen-bond donors (Lipinski definition) is 0. The van der Waals surface area contributed by atoms with Crippen LogP contribution in [0.5, 0.6) is 0 Å². The topological polar surface area (TPSA) is 14.1 Å². The minimum atomic E-state index is -1.11. The molecule has 2 fully saturated rings. The van der Waals surface area contributed by atoms with Gasteiger partial charge in [-0.25, -0.2) is 0 Å². The molecule has 0 N–H and O–H groups in total. The fourth-order valence-corrected chi connectivity index (χ4v) is 11.9. The molecule has 0 amide bonds. The van der Waals surface area contributed by atoms with Crippen LogP contribution in [0, 0.1) is 101 Å². The summed E-state index contributed by atoms with van der Waals surface area (Å²) in [5, 5.41) is 0. The van der Waals surface area contributed by atoms with Crippen LogP contribution < -0.4 is 0 Å². The first-order valence-corrected chi connectivity index (χ1v) is 17.8. The van der Waals surface area contributed by atoms with Gasteiger partial charge in [0.1, 0.15) is 0 Å². The molecule has 0 bridgehead atoms. The number of nitrogens with zero attached hydrogens (tertiary/aromatic N) is 1. The van der Waals surface area contributed by atoms with Crippen LogP contribution in [0.2, 0.25) is 39.3 Å². The van der Waals surface area contributed by atoms with Crippen molar-refractivity contribution >= 4 is 16.5 Å². The van der Waals surface area contributed by atoms with Gasteiger partial charge in [0.25, 0.3) is 0 Å². The van der Waals surface area contributed by atoms with Crippen LogP contribution in [-0.2, 0) is 0 Å². The van der Waals surface area contributed by atoms with E-state index in [1.54, 1.807) is 0 Å². The van der Waals surface area contributed by atoms with Gasteiger partial charge in [0, 0.05) is 0 Å². The Bertz CT molecular complexity index is 339. The third-order valence-corrected chi connectivity index (χ3v) is 11.7. The second-order valence-corrected chi connectivity index (χ2v) is 20.3.